The summed E-state index contributed by atoms with van der Waals surface area (Å²) in [6.45, 7) is -1.01. The number of aliphatic carboxylic acids is 1. The average Bonchev–Trinajstić information content (AvgIpc) is 2.83. The van der Waals surface area contributed by atoms with Gasteiger partial charge in [0.05, 0.1) is 37.9 Å². The lowest BCUT2D eigenvalue weighted by molar-refractivity contribution is -0.137. The van der Waals surface area contributed by atoms with Crippen molar-refractivity contribution >= 4 is 25.8 Å². The molecule has 146 valence electrons. The van der Waals surface area contributed by atoms with Gasteiger partial charge in [0.1, 0.15) is 22.9 Å². The number of carboxylic acid groups (broad SMARTS) is 1. The van der Waals surface area contributed by atoms with Gasteiger partial charge in [0.15, 0.2) is 9.84 Å². The van der Waals surface area contributed by atoms with Gasteiger partial charge in [-0.3, -0.25) is 4.79 Å². The molecule has 1 aliphatic rings. The number of aliphatic hydroxyl groups excluding tert-OH is 1. The van der Waals surface area contributed by atoms with E-state index in [1.54, 1.807) is 0 Å². The first-order valence-electron chi connectivity index (χ1n) is 7.36. The number of nitrogens with zero attached hydrogens (tertiary/aromatic N) is 1. The molecule has 1 saturated heterocycles. The van der Waals surface area contributed by atoms with E-state index < -0.39 is 60.9 Å². The predicted octanol–water partition coefficient (Wildman–Crippen LogP) is -1.06. The van der Waals surface area contributed by atoms with E-state index in [1.165, 1.54) is 26.4 Å². The van der Waals surface area contributed by atoms with Crippen LogP contribution in [0.4, 0.5) is 0 Å². The molecule has 1 aliphatic heterocycles. The first-order valence-corrected chi connectivity index (χ1v) is 10.6. The van der Waals surface area contributed by atoms with Crippen molar-refractivity contribution in [2.45, 2.75) is 17.0 Å². The SMILES string of the molecule is COc1ccc(OC)c(S(=O)(=O)N(CC(=O)O)[C@H]2CS(=O)(=O)C[C@@H]2O)c1. The van der Waals surface area contributed by atoms with E-state index in [1.807, 2.05) is 0 Å². The molecule has 2 atom stereocenters. The standard InChI is InChI=1S/C14H19NO9S2/c1-23-9-3-4-12(24-2)13(5-9)26(21,22)15(6-14(17)18)10-7-25(19,20)8-11(10)16/h3-5,10-11,16H,6-8H2,1-2H3,(H,17,18)/t10-,11-/m0/s1. The van der Waals surface area contributed by atoms with Crippen LogP contribution in [0.5, 0.6) is 11.5 Å². The number of ether oxygens (including phenoxy) is 2. The first kappa shape index (κ1) is 20.4. The maximum absolute atomic E-state index is 13.1. The summed E-state index contributed by atoms with van der Waals surface area (Å²) in [6, 6.07) is 2.50. The van der Waals surface area contributed by atoms with Crippen LogP contribution < -0.4 is 9.47 Å². The molecule has 12 heteroatoms. The smallest absolute Gasteiger partial charge is 0.318 e. The van der Waals surface area contributed by atoms with Crippen molar-refractivity contribution in [3.05, 3.63) is 18.2 Å². The number of aliphatic hydroxyl groups is 1. The zero-order chi connectivity index (χ0) is 19.7. The van der Waals surface area contributed by atoms with Gasteiger partial charge in [-0.05, 0) is 12.1 Å². The van der Waals surface area contributed by atoms with E-state index >= 15 is 0 Å². The highest BCUT2D eigenvalue weighted by Crippen LogP contribution is 2.33. The Balaban J connectivity index is 2.59. The van der Waals surface area contributed by atoms with Gasteiger partial charge in [0, 0.05) is 6.07 Å². The normalized spacial score (nSPS) is 22.3. The van der Waals surface area contributed by atoms with Crippen LogP contribution in [0.2, 0.25) is 0 Å². The third-order valence-corrected chi connectivity index (χ3v) is 7.50. The van der Waals surface area contributed by atoms with Crippen LogP contribution >= 0.6 is 0 Å². The maximum atomic E-state index is 13.1. The number of carbonyl (C=O) groups is 1. The van der Waals surface area contributed by atoms with Gasteiger partial charge < -0.3 is 19.7 Å². The third-order valence-electron chi connectivity index (χ3n) is 3.91. The number of sulfone groups is 1. The lowest BCUT2D eigenvalue weighted by Gasteiger charge is -2.28. The van der Waals surface area contributed by atoms with E-state index in [-0.39, 0.29) is 11.5 Å². The summed E-state index contributed by atoms with van der Waals surface area (Å²) < 4.78 is 60.2. The van der Waals surface area contributed by atoms with Crippen molar-refractivity contribution < 1.29 is 41.3 Å². The topological polar surface area (TPSA) is 148 Å². The molecule has 1 fully saturated rings. The molecule has 0 spiro atoms. The van der Waals surface area contributed by atoms with E-state index in [4.69, 9.17) is 14.6 Å². The summed E-state index contributed by atoms with van der Waals surface area (Å²) in [6.07, 6.45) is -1.54. The monoisotopic (exact) mass is 409 g/mol. The van der Waals surface area contributed by atoms with Gasteiger partial charge in [-0.25, -0.2) is 16.8 Å². The summed E-state index contributed by atoms with van der Waals surface area (Å²) in [5.41, 5.74) is 0. The summed E-state index contributed by atoms with van der Waals surface area (Å²) in [5.74, 6) is -2.70. The highest BCUT2D eigenvalue weighted by atomic mass is 32.2. The van der Waals surface area contributed by atoms with Gasteiger partial charge in [-0.1, -0.05) is 0 Å². The zero-order valence-electron chi connectivity index (χ0n) is 14.0. The van der Waals surface area contributed by atoms with Crippen LogP contribution in [0.1, 0.15) is 0 Å². The molecule has 0 unspecified atom stereocenters. The Kier molecular flexibility index (Phi) is 5.80. The molecular weight excluding hydrogens is 390 g/mol. The van der Waals surface area contributed by atoms with Gasteiger partial charge in [-0.2, -0.15) is 4.31 Å². The molecule has 26 heavy (non-hydrogen) atoms. The van der Waals surface area contributed by atoms with Gasteiger partial charge >= 0.3 is 5.97 Å². The minimum absolute atomic E-state index is 0.0727. The molecule has 0 amide bonds. The van der Waals surface area contributed by atoms with Crippen LogP contribution in [0.15, 0.2) is 23.1 Å². The van der Waals surface area contributed by atoms with Gasteiger partial charge in [0.25, 0.3) is 0 Å². The lowest BCUT2D eigenvalue weighted by atomic mass is 10.2. The van der Waals surface area contributed by atoms with Crippen LogP contribution in [0.25, 0.3) is 0 Å². The second-order valence-corrected chi connectivity index (χ2v) is 9.69. The fourth-order valence-corrected chi connectivity index (χ4v) is 6.38. The molecular formula is C14H19NO9S2. The van der Waals surface area contributed by atoms with E-state index in [0.29, 0.717) is 4.31 Å². The Hall–Kier alpha value is -1.89. The van der Waals surface area contributed by atoms with Crippen LogP contribution in [-0.4, -0.2) is 81.7 Å². The lowest BCUT2D eigenvalue weighted by Crippen LogP contribution is -2.48. The predicted molar refractivity (Wildman–Crippen MR) is 89.5 cm³/mol. The average molecular weight is 409 g/mol. The van der Waals surface area contributed by atoms with E-state index in [0.717, 1.165) is 6.07 Å². The first-order chi connectivity index (χ1) is 12.0. The van der Waals surface area contributed by atoms with Crippen molar-refractivity contribution in [3.63, 3.8) is 0 Å². The highest BCUT2D eigenvalue weighted by Gasteiger charge is 2.46. The van der Waals surface area contributed by atoms with Crippen molar-refractivity contribution in [2.75, 3.05) is 32.3 Å². The number of hydrogen-bond acceptors (Lipinski definition) is 8. The van der Waals surface area contributed by atoms with Crippen molar-refractivity contribution in [1.29, 1.82) is 0 Å². The van der Waals surface area contributed by atoms with Crippen LogP contribution in [0.3, 0.4) is 0 Å². The number of rotatable bonds is 7. The Morgan fingerprint density at radius 1 is 1.27 bits per heavy atom. The molecule has 2 rings (SSSR count). The summed E-state index contributed by atoms with van der Waals surface area (Å²) in [5, 5.41) is 19.1. The molecule has 2 N–H and O–H groups in total. The third kappa shape index (κ3) is 4.09. The Morgan fingerprint density at radius 2 is 1.92 bits per heavy atom. The molecule has 0 bridgehead atoms. The number of methoxy groups -OCH3 is 2. The largest absolute Gasteiger partial charge is 0.497 e. The maximum Gasteiger partial charge on any atom is 0.318 e. The number of hydrogen-bond donors (Lipinski definition) is 2. The minimum Gasteiger partial charge on any atom is -0.497 e. The molecule has 1 heterocycles. The quantitative estimate of drug-likeness (QED) is 0.575. The zero-order valence-corrected chi connectivity index (χ0v) is 15.7. The Morgan fingerprint density at radius 3 is 2.38 bits per heavy atom. The molecule has 0 saturated carbocycles. The molecule has 0 aliphatic carbocycles. The molecule has 1 aromatic rings. The van der Waals surface area contributed by atoms with E-state index in [2.05, 4.69) is 0 Å². The highest BCUT2D eigenvalue weighted by molar-refractivity contribution is 7.92. The van der Waals surface area contributed by atoms with Crippen molar-refractivity contribution in [3.8, 4) is 11.5 Å². The Bertz CT molecular complexity index is 895. The molecule has 1 aromatic carbocycles. The second-order valence-electron chi connectivity index (χ2n) is 5.67. The van der Waals surface area contributed by atoms with Crippen molar-refractivity contribution in [1.82, 2.24) is 4.31 Å². The number of sulfonamides is 1. The molecule has 0 aromatic heterocycles. The number of benzene rings is 1. The van der Waals surface area contributed by atoms with Crippen LogP contribution in [0, 0.1) is 0 Å². The summed E-state index contributed by atoms with van der Waals surface area (Å²) in [7, 11) is -5.66. The summed E-state index contributed by atoms with van der Waals surface area (Å²) in [4.78, 5) is 10.8. The molecule has 0 radical (unpaired) electrons. The molecule has 10 nitrogen and oxygen atoms in total. The fraction of sp³-hybridized carbons (Fsp3) is 0.500. The number of carboxylic acids is 1. The van der Waals surface area contributed by atoms with Gasteiger partial charge in [-0.15, -0.1) is 0 Å². The van der Waals surface area contributed by atoms with Crippen LogP contribution in [-0.2, 0) is 24.7 Å². The van der Waals surface area contributed by atoms with Gasteiger partial charge in [0.2, 0.25) is 10.0 Å². The Labute approximate surface area is 150 Å². The van der Waals surface area contributed by atoms with Crippen molar-refractivity contribution in [2.24, 2.45) is 0 Å². The van der Waals surface area contributed by atoms with E-state index in [9.17, 15) is 26.7 Å². The summed E-state index contributed by atoms with van der Waals surface area (Å²) >= 11 is 0. The second kappa shape index (κ2) is 7.39. The minimum atomic E-state index is -4.51. The fourth-order valence-electron chi connectivity index (χ4n) is 2.71.